The maximum Gasteiger partial charge on any atom is 0.179 e. The minimum atomic E-state index is 0.700. The minimum absolute atomic E-state index is 0.700. The molecule has 18 heavy (non-hydrogen) atoms. The highest BCUT2D eigenvalue weighted by Gasteiger charge is 2.06. The van der Waals surface area contributed by atoms with Gasteiger partial charge in [0.05, 0.1) is 6.61 Å². The van der Waals surface area contributed by atoms with E-state index in [1.807, 2.05) is 25.1 Å². The summed E-state index contributed by atoms with van der Waals surface area (Å²) in [5.41, 5.74) is 6.57. The Balaban J connectivity index is 2.14. The van der Waals surface area contributed by atoms with Crippen molar-refractivity contribution < 1.29 is 4.74 Å². The minimum Gasteiger partial charge on any atom is -0.493 e. The maximum absolute atomic E-state index is 5.86. The molecule has 0 aliphatic rings. The second-order valence-electron chi connectivity index (χ2n) is 3.78. The van der Waals surface area contributed by atoms with Crippen LogP contribution < -0.4 is 10.5 Å². The molecule has 0 fully saturated rings. The lowest BCUT2D eigenvalue weighted by Crippen LogP contribution is -1.96. The third-order valence-electron chi connectivity index (χ3n) is 2.09. The van der Waals surface area contributed by atoms with Crippen LogP contribution in [0.2, 0.25) is 0 Å². The van der Waals surface area contributed by atoms with Gasteiger partial charge in [-0.3, -0.25) is 0 Å². The molecule has 2 N–H and O–H groups in total. The Morgan fingerprint density at radius 2 is 2.17 bits per heavy atom. The predicted octanol–water partition coefficient (Wildman–Crippen LogP) is 3.37. The van der Waals surface area contributed by atoms with Gasteiger partial charge in [-0.25, -0.2) is 0 Å². The van der Waals surface area contributed by atoms with Crippen LogP contribution in [0.1, 0.15) is 18.4 Å². The number of ether oxygens (including phenoxy) is 1. The summed E-state index contributed by atoms with van der Waals surface area (Å²) in [6, 6.07) is 5.73. The summed E-state index contributed by atoms with van der Waals surface area (Å²) >= 11 is 3.13. The highest BCUT2D eigenvalue weighted by molar-refractivity contribution is 8.01. The molecule has 0 amide bonds. The third kappa shape index (κ3) is 3.61. The van der Waals surface area contributed by atoms with E-state index >= 15 is 0 Å². The lowest BCUT2D eigenvalue weighted by atomic mass is 10.3. The summed E-state index contributed by atoms with van der Waals surface area (Å²) < 4.78 is 6.51. The van der Waals surface area contributed by atoms with Gasteiger partial charge in [0.25, 0.3) is 0 Å². The summed E-state index contributed by atoms with van der Waals surface area (Å²) in [5, 5.41) is 9.04. The molecule has 0 radical (unpaired) electrons. The van der Waals surface area contributed by atoms with Gasteiger partial charge in [-0.15, -0.1) is 10.2 Å². The molecule has 96 valence electrons. The van der Waals surface area contributed by atoms with Crippen molar-refractivity contribution in [3.05, 3.63) is 23.2 Å². The van der Waals surface area contributed by atoms with E-state index in [2.05, 4.69) is 17.1 Å². The molecule has 0 aliphatic carbocycles. The molecule has 0 aliphatic heterocycles. The molecular weight excluding hydrogens is 266 g/mol. The van der Waals surface area contributed by atoms with Gasteiger partial charge in [-0.2, -0.15) is 0 Å². The lowest BCUT2D eigenvalue weighted by Gasteiger charge is -2.07. The van der Waals surface area contributed by atoms with Gasteiger partial charge < -0.3 is 10.5 Å². The number of nitrogen functional groups attached to an aromatic ring is 1. The Hall–Kier alpha value is -1.27. The molecule has 1 aromatic carbocycles. The number of aryl methyl sites for hydroxylation is 1. The number of hydrogen-bond acceptors (Lipinski definition) is 6. The van der Waals surface area contributed by atoms with Gasteiger partial charge in [0.1, 0.15) is 10.8 Å². The molecule has 1 heterocycles. The molecule has 0 unspecified atom stereocenters. The topological polar surface area (TPSA) is 61.0 Å². The van der Waals surface area contributed by atoms with Crippen molar-refractivity contribution >= 4 is 28.8 Å². The quantitative estimate of drug-likeness (QED) is 0.851. The van der Waals surface area contributed by atoms with E-state index < -0.39 is 0 Å². The molecule has 2 aromatic rings. The number of rotatable bonds is 5. The van der Waals surface area contributed by atoms with Crippen LogP contribution in [0.25, 0.3) is 0 Å². The second-order valence-corrected chi connectivity index (χ2v) is 6.28. The van der Waals surface area contributed by atoms with Crippen LogP contribution in [0.3, 0.4) is 0 Å². The van der Waals surface area contributed by atoms with Crippen LogP contribution in [0.4, 0.5) is 5.69 Å². The normalized spacial score (nSPS) is 10.6. The van der Waals surface area contributed by atoms with E-state index in [0.29, 0.717) is 12.3 Å². The second kappa shape index (κ2) is 6.06. The molecule has 0 saturated heterocycles. The van der Waals surface area contributed by atoms with Crippen LogP contribution in [0, 0.1) is 6.92 Å². The first-order chi connectivity index (χ1) is 8.67. The van der Waals surface area contributed by atoms with Crippen LogP contribution in [0.15, 0.2) is 27.4 Å². The largest absolute Gasteiger partial charge is 0.493 e. The van der Waals surface area contributed by atoms with Crippen LogP contribution in [-0.2, 0) is 0 Å². The van der Waals surface area contributed by atoms with Crippen LogP contribution >= 0.6 is 23.1 Å². The van der Waals surface area contributed by atoms with Gasteiger partial charge in [-0.05, 0) is 25.5 Å². The molecule has 0 saturated carbocycles. The average Bonchev–Trinajstić information content (AvgIpc) is 2.71. The number of nitrogens with two attached hydrogens (primary N) is 1. The fourth-order valence-corrected chi connectivity index (χ4v) is 3.26. The molecular formula is C12H15N3OS2. The molecule has 6 heteroatoms. The van der Waals surface area contributed by atoms with Crippen molar-refractivity contribution in [2.24, 2.45) is 0 Å². The van der Waals surface area contributed by atoms with Gasteiger partial charge in [0, 0.05) is 16.6 Å². The standard InChI is InChI=1S/C12H15N3OS2/c1-3-4-16-10-5-9(13)6-11(7-10)18-12-15-14-8(2)17-12/h5-7H,3-4,13H2,1-2H3. The zero-order chi connectivity index (χ0) is 13.0. The van der Waals surface area contributed by atoms with Crippen molar-refractivity contribution in [3.8, 4) is 5.75 Å². The lowest BCUT2D eigenvalue weighted by molar-refractivity contribution is 0.317. The summed E-state index contributed by atoms with van der Waals surface area (Å²) in [6.07, 6.45) is 0.979. The van der Waals surface area contributed by atoms with Gasteiger partial charge >= 0.3 is 0 Å². The predicted molar refractivity (Wildman–Crippen MR) is 75.4 cm³/mol. The molecule has 0 spiro atoms. The zero-order valence-electron chi connectivity index (χ0n) is 10.3. The van der Waals surface area contributed by atoms with Crippen molar-refractivity contribution in [2.75, 3.05) is 12.3 Å². The number of anilines is 1. The molecule has 1 aromatic heterocycles. The average molecular weight is 281 g/mol. The van der Waals surface area contributed by atoms with Crippen molar-refractivity contribution in [1.29, 1.82) is 0 Å². The van der Waals surface area contributed by atoms with E-state index in [1.165, 1.54) is 0 Å². The zero-order valence-corrected chi connectivity index (χ0v) is 12.0. The first kappa shape index (κ1) is 13.2. The summed E-state index contributed by atoms with van der Waals surface area (Å²) in [7, 11) is 0. The first-order valence-corrected chi connectivity index (χ1v) is 7.32. The highest BCUT2D eigenvalue weighted by Crippen LogP contribution is 2.33. The van der Waals surface area contributed by atoms with Crippen LogP contribution in [-0.4, -0.2) is 16.8 Å². The first-order valence-electron chi connectivity index (χ1n) is 5.68. The number of benzene rings is 1. The molecule has 0 bridgehead atoms. The number of hydrogen-bond donors (Lipinski definition) is 1. The van der Waals surface area contributed by atoms with E-state index in [1.54, 1.807) is 23.1 Å². The molecule has 4 nitrogen and oxygen atoms in total. The third-order valence-corrected chi connectivity index (χ3v) is 3.95. The monoisotopic (exact) mass is 281 g/mol. The van der Waals surface area contributed by atoms with Gasteiger partial charge in [0.15, 0.2) is 4.34 Å². The van der Waals surface area contributed by atoms with E-state index in [0.717, 1.165) is 26.4 Å². The Bertz CT molecular complexity index is 528. The number of aromatic nitrogens is 2. The summed E-state index contributed by atoms with van der Waals surface area (Å²) in [4.78, 5) is 1.03. The van der Waals surface area contributed by atoms with Crippen molar-refractivity contribution in [3.63, 3.8) is 0 Å². The smallest absolute Gasteiger partial charge is 0.179 e. The Morgan fingerprint density at radius 1 is 1.33 bits per heavy atom. The molecule has 2 rings (SSSR count). The fourth-order valence-electron chi connectivity index (χ4n) is 1.38. The highest BCUT2D eigenvalue weighted by atomic mass is 32.2. The fraction of sp³-hybridized carbons (Fsp3) is 0.333. The maximum atomic E-state index is 5.86. The Labute approximate surface area is 115 Å². The van der Waals surface area contributed by atoms with E-state index in [-0.39, 0.29) is 0 Å². The Morgan fingerprint density at radius 3 is 2.83 bits per heavy atom. The van der Waals surface area contributed by atoms with Crippen LogP contribution in [0.5, 0.6) is 5.75 Å². The summed E-state index contributed by atoms with van der Waals surface area (Å²) in [5.74, 6) is 0.806. The Kier molecular flexibility index (Phi) is 4.43. The summed E-state index contributed by atoms with van der Waals surface area (Å²) in [6.45, 7) is 4.72. The SMILES string of the molecule is CCCOc1cc(N)cc(Sc2nnc(C)s2)c1. The van der Waals surface area contributed by atoms with E-state index in [4.69, 9.17) is 10.5 Å². The van der Waals surface area contributed by atoms with Gasteiger partial charge in [0.2, 0.25) is 0 Å². The van der Waals surface area contributed by atoms with E-state index in [9.17, 15) is 0 Å². The van der Waals surface area contributed by atoms with Crippen molar-refractivity contribution in [2.45, 2.75) is 29.5 Å². The van der Waals surface area contributed by atoms with Crippen molar-refractivity contribution in [1.82, 2.24) is 10.2 Å². The van der Waals surface area contributed by atoms with Gasteiger partial charge in [-0.1, -0.05) is 30.0 Å². The molecule has 0 atom stereocenters. The number of nitrogens with zero attached hydrogens (tertiary/aromatic N) is 2.